The van der Waals surface area contributed by atoms with Crippen LogP contribution in [0.3, 0.4) is 0 Å². The van der Waals surface area contributed by atoms with Crippen LogP contribution in [0.15, 0.2) is 0 Å². The van der Waals surface area contributed by atoms with Crippen molar-refractivity contribution in [3.05, 3.63) is 17.2 Å². The quantitative estimate of drug-likeness (QED) is 0.784. The number of amides is 1. The molecular weight excluding hydrogens is 274 g/mol. The molecule has 0 bridgehead atoms. The Morgan fingerprint density at radius 1 is 1.62 bits per heavy atom. The Morgan fingerprint density at radius 3 is 3.05 bits per heavy atom. The number of imidazole rings is 1. The van der Waals surface area contributed by atoms with Gasteiger partial charge >= 0.3 is 0 Å². The second-order valence-electron chi connectivity index (χ2n) is 5.35. The van der Waals surface area contributed by atoms with Crippen LogP contribution in [-0.2, 0) is 27.3 Å². The van der Waals surface area contributed by atoms with Crippen LogP contribution in [0.25, 0.3) is 0 Å². The highest BCUT2D eigenvalue weighted by Gasteiger charge is 2.26. The van der Waals surface area contributed by atoms with Crippen LogP contribution in [0, 0.1) is 12.8 Å². The first kappa shape index (κ1) is 15.5. The van der Waals surface area contributed by atoms with Gasteiger partial charge in [-0.05, 0) is 19.3 Å². The predicted octanol–water partition coefficient (Wildman–Crippen LogP) is 0.730. The summed E-state index contributed by atoms with van der Waals surface area (Å²) < 4.78 is 5.32. The Bertz CT molecular complexity index is 494. The van der Waals surface area contributed by atoms with Crippen LogP contribution >= 0.6 is 0 Å². The third-order valence-corrected chi connectivity index (χ3v) is 3.79. The zero-order valence-electron chi connectivity index (χ0n) is 12.2. The van der Waals surface area contributed by atoms with Crippen LogP contribution < -0.4 is 0 Å². The van der Waals surface area contributed by atoms with Gasteiger partial charge in [0.25, 0.3) is 6.47 Å². The zero-order chi connectivity index (χ0) is 15.2. The van der Waals surface area contributed by atoms with Gasteiger partial charge in [-0.2, -0.15) is 0 Å². The normalized spacial score (nSPS) is 20.4. The highest BCUT2D eigenvalue weighted by atomic mass is 16.5. The summed E-state index contributed by atoms with van der Waals surface area (Å²) in [5.41, 5.74) is 2.23. The number of ether oxygens (including phenoxy) is 1. The van der Waals surface area contributed by atoms with Gasteiger partial charge in [0, 0.05) is 32.6 Å². The number of rotatable bonds is 2. The fraction of sp³-hybridized carbons (Fsp3) is 0.643. The van der Waals surface area contributed by atoms with Crippen molar-refractivity contribution in [1.29, 1.82) is 0 Å². The van der Waals surface area contributed by atoms with E-state index in [1.165, 1.54) is 0 Å². The highest BCUT2D eigenvalue weighted by molar-refractivity contribution is 5.76. The van der Waals surface area contributed by atoms with E-state index < -0.39 is 0 Å². The Kier molecular flexibility index (Phi) is 5.32. The number of hydrogen-bond acceptors (Lipinski definition) is 4. The largest absolute Gasteiger partial charge is 0.483 e. The predicted molar refractivity (Wildman–Crippen MR) is 74.7 cm³/mol. The van der Waals surface area contributed by atoms with Gasteiger partial charge in [0.2, 0.25) is 5.91 Å². The van der Waals surface area contributed by atoms with Crippen molar-refractivity contribution in [3.8, 4) is 0 Å². The van der Waals surface area contributed by atoms with E-state index in [4.69, 9.17) is 14.6 Å². The minimum Gasteiger partial charge on any atom is -0.483 e. The molecule has 0 aliphatic carbocycles. The maximum Gasteiger partial charge on any atom is 0.290 e. The summed E-state index contributed by atoms with van der Waals surface area (Å²) in [6.45, 7) is 4.74. The van der Waals surface area contributed by atoms with Gasteiger partial charge in [0.1, 0.15) is 5.82 Å². The van der Waals surface area contributed by atoms with Crippen LogP contribution in [0.2, 0.25) is 0 Å². The molecule has 0 aromatic carbocycles. The van der Waals surface area contributed by atoms with E-state index in [1.54, 1.807) is 0 Å². The number of aromatic amines is 1. The van der Waals surface area contributed by atoms with Crippen molar-refractivity contribution in [2.75, 3.05) is 19.8 Å². The van der Waals surface area contributed by atoms with E-state index in [2.05, 4.69) is 9.97 Å². The molecule has 1 aromatic heterocycles. The minimum absolute atomic E-state index is 0.250. The molecule has 7 nitrogen and oxygen atoms in total. The average molecular weight is 295 g/mol. The molecule has 1 aromatic rings. The summed E-state index contributed by atoms with van der Waals surface area (Å²) in [5, 5.41) is 6.89. The Balaban J connectivity index is 0.000000497. The highest BCUT2D eigenvalue weighted by Crippen LogP contribution is 2.21. The van der Waals surface area contributed by atoms with E-state index in [0.717, 1.165) is 49.8 Å². The fourth-order valence-electron chi connectivity index (χ4n) is 2.77. The number of nitrogens with one attached hydrogen (secondary N) is 1. The van der Waals surface area contributed by atoms with Crippen molar-refractivity contribution in [2.24, 2.45) is 5.92 Å². The molecule has 0 spiro atoms. The fourth-order valence-corrected chi connectivity index (χ4v) is 2.77. The molecule has 1 amide bonds. The summed E-state index contributed by atoms with van der Waals surface area (Å²) >= 11 is 0. The van der Waals surface area contributed by atoms with Crippen LogP contribution in [0.5, 0.6) is 0 Å². The molecule has 116 valence electrons. The summed E-state index contributed by atoms with van der Waals surface area (Å²) in [6.07, 6.45) is 2.52. The first-order valence-electron chi connectivity index (χ1n) is 7.11. The number of fused-ring (bicyclic) bond motifs is 1. The number of carboxylic acid groups (broad SMARTS) is 1. The molecule has 0 radical (unpaired) electrons. The smallest absolute Gasteiger partial charge is 0.290 e. The van der Waals surface area contributed by atoms with Gasteiger partial charge in [-0.25, -0.2) is 4.98 Å². The second-order valence-corrected chi connectivity index (χ2v) is 5.35. The second kappa shape index (κ2) is 7.21. The third-order valence-electron chi connectivity index (χ3n) is 3.79. The lowest BCUT2D eigenvalue weighted by Gasteiger charge is -2.27. The maximum atomic E-state index is 12.2. The number of H-pyrrole nitrogens is 1. The van der Waals surface area contributed by atoms with E-state index in [1.807, 2.05) is 11.8 Å². The SMILES string of the molecule is Cc1nc2c([nH]1)CN(C(=O)CC1CCOC1)CC2.O=CO. The van der Waals surface area contributed by atoms with Gasteiger partial charge in [-0.3, -0.25) is 9.59 Å². The summed E-state index contributed by atoms with van der Waals surface area (Å²) in [6, 6.07) is 0. The molecule has 1 atom stereocenters. The molecule has 3 rings (SSSR count). The zero-order valence-corrected chi connectivity index (χ0v) is 12.2. The lowest BCUT2D eigenvalue weighted by atomic mass is 10.0. The monoisotopic (exact) mass is 295 g/mol. The molecule has 0 saturated carbocycles. The van der Waals surface area contributed by atoms with E-state index in [-0.39, 0.29) is 12.4 Å². The minimum atomic E-state index is -0.250. The molecule has 2 N–H and O–H groups in total. The third kappa shape index (κ3) is 4.04. The van der Waals surface area contributed by atoms with Gasteiger partial charge < -0.3 is 19.7 Å². The van der Waals surface area contributed by atoms with Crippen LogP contribution in [0.4, 0.5) is 0 Å². The Labute approximate surface area is 123 Å². The number of hydrogen-bond donors (Lipinski definition) is 2. The van der Waals surface area contributed by atoms with E-state index in [9.17, 15) is 4.79 Å². The molecule has 2 aliphatic heterocycles. The van der Waals surface area contributed by atoms with Crippen molar-refractivity contribution in [3.63, 3.8) is 0 Å². The van der Waals surface area contributed by atoms with E-state index >= 15 is 0 Å². The Morgan fingerprint density at radius 2 is 2.38 bits per heavy atom. The molecule has 1 fully saturated rings. The van der Waals surface area contributed by atoms with Crippen LogP contribution in [0.1, 0.15) is 30.1 Å². The lowest BCUT2D eigenvalue weighted by Crippen LogP contribution is -2.37. The first-order valence-corrected chi connectivity index (χ1v) is 7.11. The summed E-state index contributed by atoms with van der Waals surface area (Å²) in [7, 11) is 0. The van der Waals surface area contributed by atoms with Crippen molar-refractivity contribution in [1.82, 2.24) is 14.9 Å². The molecule has 7 heteroatoms. The number of carbonyl (C=O) groups is 2. The van der Waals surface area contributed by atoms with Crippen molar-refractivity contribution in [2.45, 2.75) is 32.7 Å². The standard InChI is InChI=1S/C13H19N3O2.CH2O2/c1-9-14-11-2-4-16(7-12(11)15-9)13(17)6-10-3-5-18-8-10;2-1-3/h10H,2-8H2,1H3,(H,14,15);1H,(H,2,3). The molecule has 1 unspecified atom stereocenters. The maximum absolute atomic E-state index is 12.2. The molecule has 21 heavy (non-hydrogen) atoms. The van der Waals surface area contributed by atoms with E-state index in [0.29, 0.717) is 18.9 Å². The van der Waals surface area contributed by atoms with Gasteiger partial charge in [-0.1, -0.05) is 0 Å². The van der Waals surface area contributed by atoms with Gasteiger partial charge in [0.15, 0.2) is 0 Å². The van der Waals surface area contributed by atoms with Gasteiger partial charge in [0.05, 0.1) is 17.9 Å². The van der Waals surface area contributed by atoms with Crippen LogP contribution in [-0.4, -0.2) is 52.1 Å². The Hall–Kier alpha value is -1.89. The van der Waals surface area contributed by atoms with Crippen molar-refractivity contribution < 1.29 is 19.4 Å². The first-order chi connectivity index (χ1) is 10.1. The molecule has 3 heterocycles. The number of carbonyl (C=O) groups excluding carboxylic acids is 1. The average Bonchev–Trinajstić information content (AvgIpc) is 3.06. The summed E-state index contributed by atoms with van der Waals surface area (Å²) in [5.74, 6) is 1.62. The molecule has 2 aliphatic rings. The molecular formula is C14H21N3O4. The summed E-state index contributed by atoms with van der Waals surface area (Å²) in [4.78, 5) is 30.2. The topological polar surface area (TPSA) is 95.5 Å². The number of aryl methyl sites for hydroxylation is 1. The molecule has 1 saturated heterocycles. The lowest BCUT2D eigenvalue weighted by molar-refractivity contribution is -0.133. The van der Waals surface area contributed by atoms with Gasteiger partial charge in [-0.15, -0.1) is 0 Å². The van der Waals surface area contributed by atoms with Crippen molar-refractivity contribution >= 4 is 12.4 Å². The number of aromatic nitrogens is 2. The number of nitrogens with zero attached hydrogens (tertiary/aromatic N) is 2.